The number of nitrogens with one attached hydrogen (secondary N) is 2. The molecule has 2 amide bonds. The highest BCUT2D eigenvalue weighted by Crippen LogP contribution is 2.32. The van der Waals surface area contributed by atoms with Gasteiger partial charge < -0.3 is 20.1 Å². The molecule has 34 heavy (non-hydrogen) atoms. The van der Waals surface area contributed by atoms with Crippen molar-refractivity contribution in [2.75, 3.05) is 19.0 Å². The van der Waals surface area contributed by atoms with Crippen molar-refractivity contribution in [3.63, 3.8) is 0 Å². The monoisotopic (exact) mass is 468 g/mol. The van der Waals surface area contributed by atoms with Gasteiger partial charge in [-0.25, -0.2) is 4.79 Å². The van der Waals surface area contributed by atoms with Gasteiger partial charge in [-0.3, -0.25) is 9.59 Å². The van der Waals surface area contributed by atoms with Gasteiger partial charge in [-0.2, -0.15) is 0 Å². The molecule has 0 heterocycles. The van der Waals surface area contributed by atoms with Crippen molar-refractivity contribution in [2.45, 2.75) is 59.4 Å². The molecule has 1 atom stereocenters. The van der Waals surface area contributed by atoms with Crippen LogP contribution in [0.3, 0.4) is 0 Å². The number of amides is 2. The fourth-order valence-electron chi connectivity index (χ4n) is 3.56. The van der Waals surface area contributed by atoms with Crippen LogP contribution in [0.4, 0.5) is 5.69 Å². The van der Waals surface area contributed by atoms with E-state index < -0.39 is 30.4 Å². The van der Waals surface area contributed by atoms with Crippen molar-refractivity contribution in [1.82, 2.24) is 5.32 Å². The summed E-state index contributed by atoms with van der Waals surface area (Å²) in [5.41, 5.74) is 3.21. The number of benzene rings is 2. The normalized spacial score (nSPS) is 11.9. The van der Waals surface area contributed by atoms with Crippen LogP contribution in [-0.4, -0.2) is 37.5 Å². The molecule has 2 aromatic rings. The zero-order valence-electron chi connectivity index (χ0n) is 21.1. The maximum Gasteiger partial charge on any atom is 0.329 e. The molecule has 0 aromatic heterocycles. The molecule has 7 nitrogen and oxygen atoms in total. The Bertz CT molecular complexity index is 970. The number of carbonyl (C=O) groups is 3. The molecular weight excluding hydrogens is 432 g/mol. The van der Waals surface area contributed by atoms with Crippen molar-refractivity contribution >= 4 is 23.5 Å². The summed E-state index contributed by atoms with van der Waals surface area (Å²) in [7, 11) is 1.54. The highest BCUT2D eigenvalue weighted by Gasteiger charge is 2.27. The van der Waals surface area contributed by atoms with E-state index in [4.69, 9.17) is 9.47 Å². The van der Waals surface area contributed by atoms with E-state index in [0.29, 0.717) is 11.3 Å². The van der Waals surface area contributed by atoms with Crippen LogP contribution in [0, 0.1) is 5.92 Å². The quantitative estimate of drug-likeness (QED) is 0.485. The summed E-state index contributed by atoms with van der Waals surface area (Å²) in [6.45, 7) is 11.4. The summed E-state index contributed by atoms with van der Waals surface area (Å²) in [6, 6.07) is 11.6. The van der Waals surface area contributed by atoms with Crippen LogP contribution in [0.1, 0.15) is 74.9 Å². The van der Waals surface area contributed by atoms with E-state index in [9.17, 15) is 14.4 Å². The first kappa shape index (κ1) is 26.9. The van der Waals surface area contributed by atoms with Crippen LogP contribution in [0.2, 0.25) is 0 Å². The predicted octanol–water partition coefficient (Wildman–Crippen LogP) is 4.88. The van der Waals surface area contributed by atoms with Gasteiger partial charge in [-0.15, -0.1) is 0 Å². The topological polar surface area (TPSA) is 93.7 Å². The lowest BCUT2D eigenvalue weighted by atomic mass is 9.92. The van der Waals surface area contributed by atoms with Gasteiger partial charge in [0, 0.05) is 11.3 Å². The summed E-state index contributed by atoms with van der Waals surface area (Å²) in [4.78, 5) is 38.0. The van der Waals surface area contributed by atoms with Gasteiger partial charge in [0.15, 0.2) is 6.61 Å². The first-order chi connectivity index (χ1) is 16.0. The van der Waals surface area contributed by atoms with Crippen LogP contribution in [0.25, 0.3) is 0 Å². The highest BCUT2D eigenvalue weighted by atomic mass is 16.5. The van der Waals surface area contributed by atoms with Crippen LogP contribution < -0.4 is 15.4 Å². The standard InChI is InChI=1S/C27H36N2O5/c1-16(2)21-9-8-10-22(17(3)4)25(21)28-23(30)15-34-27(32)24(18(5)6)29-26(31)19-11-13-20(33-7)14-12-19/h8-14,16-18,24H,15H2,1-7H3,(H,28,30)(H,29,31). The average Bonchev–Trinajstić information content (AvgIpc) is 2.80. The predicted molar refractivity (Wildman–Crippen MR) is 133 cm³/mol. The second-order valence-electron chi connectivity index (χ2n) is 9.20. The molecule has 0 aliphatic carbocycles. The highest BCUT2D eigenvalue weighted by molar-refractivity contribution is 5.98. The number of para-hydroxylation sites is 1. The molecule has 0 aliphatic heterocycles. The third kappa shape index (κ3) is 7.07. The SMILES string of the molecule is COc1ccc(C(=O)NC(C(=O)OCC(=O)Nc2c(C(C)C)cccc2C(C)C)C(C)C)cc1. The van der Waals surface area contributed by atoms with E-state index in [1.807, 2.05) is 18.2 Å². The van der Waals surface area contributed by atoms with Crippen molar-refractivity contribution in [2.24, 2.45) is 5.92 Å². The molecule has 184 valence electrons. The van der Waals surface area contributed by atoms with Gasteiger partial charge in [0.1, 0.15) is 11.8 Å². The molecule has 0 spiro atoms. The van der Waals surface area contributed by atoms with Gasteiger partial charge in [-0.05, 0) is 53.1 Å². The number of rotatable bonds is 10. The minimum atomic E-state index is -0.892. The van der Waals surface area contributed by atoms with Crippen LogP contribution in [0.15, 0.2) is 42.5 Å². The van der Waals surface area contributed by atoms with Crippen molar-refractivity contribution in [3.05, 3.63) is 59.2 Å². The molecule has 0 saturated heterocycles. The molecule has 0 bridgehead atoms. The maximum absolute atomic E-state index is 12.7. The smallest absolute Gasteiger partial charge is 0.329 e. The average molecular weight is 469 g/mol. The molecule has 0 aliphatic rings. The fourth-order valence-corrected chi connectivity index (χ4v) is 3.56. The number of hydrogen-bond donors (Lipinski definition) is 2. The third-order valence-corrected chi connectivity index (χ3v) is 5.54. The Morgan fingerprint density at radius 1 is 0.853 bits per heavy atom. The minimum Gasteiger partial charge on any atom is -0.497 e. The summed E-state index contributed by atoms with van der Waals surface area (Å²) < 4.78 is 10.4. The van der Waals surface area contributed by atoms with Crippen LogP contribution in [-0.2, 0) is 14.3 Å². The Hall–Kier alpha value is -3.35. The van der Waals surface area contributed by atoms with E-state index in [1.165, 1.54) is 0 Å². The Balaban J connectivity index is 2.05. The minimum absolute atomic E-state index is 0.218. The molecular formula is C27H36N2O5. The number of carbonyl (C=O) groups excluding carboxylic acids is 3. The lowest BCUT2D eigenvalue weighted by Gasteiger charge is -2.22. The molecule has 2 rings (SSSR count). The Kier molecular flexibility index (Phi) is 9.66. The lowest BCUT2D eigenvalue weighted by molar-refractivity contribution is -0.150. The number of ether oxygens (including phenoxy) is 2. The number of hydrogen-bond acceptors (Lipinski definition) is 5. The fraction of sp³-hybridized carbons (Fsp3) is 0.444. The molecule has 2 N–H and O–H groups in total. The summed E-state index contributed by atoms with van der Waals surface area (Å²) in [5.74, 6) is -0.658. The Morgan fingerprint density at radius 3 is 1.88 bits per heavy atom. The van der Waals surface area contributed by atoms with E-state index in [2.05, 4.69) is 38.3 Å². The Labute approximate surface area is 202 Å². The summed E-state index contributed by atoms with van der Waals surface area (Å²) in [6.07, 6.45) is 0. The van der Waals surface area contributed by atoms with E-state index in [1.54, 1.807) is 45.2 Å². The zero-order valence-corrected chi connectivity index (χ0v) is 21.1. The van der Waals surface area contributed by atoms with Gasteiger partial charge in [-0.1, -0.05) is 59.7 Å². The molecule has 7 heteroatoms. The maximum atomic E-state index is 12.7. The largest absolute Gasteiger partial charge is 0.497 e. The number of methoxy groups -OCH3 is 1. The molecule has 0 radical (unpaired) electrons. The van der Waals surface area contributed by atoms with Gasteiger partial charge in [0.2, 0.25) is 0 Å². The van der Waals surface area contributed by atoms with Crippen LogP contribution in [0.5, 0.6) is 5.75 Å². The molecule has 1 unspecified atom stereocenters. The third-order valence-electron chi connectivity index (χ3n) is 5.54. The molecule has 0 saturated carbocycles. The van der Waals surface area contributed by atoms with E-state index >= 15 is 0 Å². The Morgan fingerprint density at radius 2 is 1.41 bits per heavy atom. The number of anilines is 1. The second kappa shape index (κ2) is 12.2. The van der Waals surface area contributed by atoms with Crippen LogP contribution >= 0.6 is 0 Å². The van der Waals surface area contributed by atoms with Crippen molar-refractivity contribution in [3.8, 4) is 5.75 Å². The van der Waals surface area contributed by atoms with Crippen molar-refractivity contribution < 1.29 is 23.9 Å². The molecule has 0 fully saturated rings. The molecule has 2 aromatic carbocycles. The summed E-state index contributed by atoms with van der Waals surface area (Å²) in [5, 5.41) is 5.63. The van der Waals surface area contributed by atoms with E-state index in [0.717, 1.165) is 16.8 Å². The second-order valence-corrected chi connectivity index (χ2v) is 9.20. The van der Waals surface area contributed by atoms with Crippen molar-refractivity contribution in [1.29, 1.82) is 0 Å². The lowest BCUT2D eigenvalue weighted by Crippen LogP contribution is -2.46. The number of esters is 1. The van der Waals surface area contributed by atoms with Gasteiger partial charge >= 0.3 is 5.97 Å². The first-order valence-electron chi connectivity index (χ1n) is 11.6. The zero-order chi connectivity index (χ0) is 25.4. The van der Waals surface area contributed by atoms with Gasteiger partial charge in [0.25, 0.3) is 11.8 Å². The first-order valence-corrected chi connectivity index (χ1v) is 11.6. The summed E-state index contributed by atoms with van der Waals surface area (Å²) >= 11 is 0. The van der Waals surface area contributed by atoms with Gasteiger partial charge in [0.05, 0.1) is 7.11 Å². The van der Waals surface area contributed by atoms with E-state index in [-0.39, 0.29) is 17.8 Å².